The van der Waals surface area contributed by atoms with E-state index in [1.54, 1.807) is 43.3 Å². The maximum atomic E-state index is 13.3. The van der Waals surface area contributed by atoms with Gasteiger partial charge in [0.2, 0.25) is 0 Å². The van der Waals surface area contributed by atoms with Gasteiger partial charge in [-0.25, -0.2) is 8.42 Å². The van der Waals surface area contributed by atoms with E-state index in [1.165, 1.54) is 67.6 Å². The van der Waals surface area contributed by atoms with Crippen LogP contribution in [0.5, 0.6) is 0 Å². The van der Waals surface area contributed by atoms with Crippen LogP contribution < -0.4 is 21.8 Å². The van der Waals surface area contributed by atoms with Crippen LogP contribution in [0.4, 0.5) is 26.3 Å². The van der Waals surface area contributed by atoms with E-state index in [1.807, 2.05) is 0 Å². The fourth-order valence-corrected chi connectivity index (χ4v) is 10.00. The van der Waals surface area contributed by atoms with Crippen molar-refractivity contribution in [3.05, 3.63) is 187 Å². The fraction of sp³-hybridized carbons (Fsp3) is 0.280. The van der Waals surface area contributed by atoms with Crippen LogP contribution in [0.15, 0.2) is 141 Å². The van der Waals surface area contributed by atoms with Gasteiger partial charge in [-0.05, 0) is 123 Å². The largest absolute Gasteiger partial charge is 0.416 e. The first-order valence-electron chi connectivity index (χ1n) is 21.8. The molecule has 4 aromatic carbocycles. The molecule has 0 radical (unpaired) electrons. The van der Waals surface area contributed by atoms with Crippen LogP contribution in [0.3, 0.4) is 0 Å². The normalized spacial score (nSPS) is 12.4. The Morgan fingerprint density at radius 2 is 0.986 bits per heavy atom. The van der Waals surface area contributed by atoms with Crippen molar-refractivity contribution in [1.82, 2.24) is 19.8 Å². The molecule has 0 spiro atoms. The van der Waals surface area contributed by atoms with Gasteiger partial charge in [0.25, 0.3) is 22.9 Å². The summed E-state index contributed by atoms with van der Waals surface area (Å²) in [5.74, 6) is -1.09. The zero-order valence-corrected chi connectivity index (χ0v) is 39.1. The number of sulfone groups is 1. The number of pyridine rings is 2. The minimum absolute atomic E-state index is 0.0220. The van der Waals surface area contributed by atoms with Gasteiger partial charge >= 0.3 is 12.4 Å². The van der Waals surface area contributed by atoms with Crippen LogP contribution in [0, 0.1) is 13.8 Å². The number of unbranched alkanes of at least 4 members (excludes halogenated alkanes) is 5. The van der Waals surface area contributed by atoms with Gasteiger partial charge in [-0.15, -0.1) is 0 Å². The number of hydrogen-bond donors (Lipinski definition) is 2. The summed E-state index contributed by atoms with van der Waals surface area (Å²) in [5.41, 5.74) is -2.10. The zero-order valence-electron chi connectivity index (χ0n) is 37.5. The Bertz CT molecular complexity index is 3080. The third-order valence-corrected chi connectivity index (χ3v) is 14.5. The number of nitrogens with zero attached hydrogens (tertiary/aromatic N) is 2. The molecule has 364 valence electrons. The highest BCUT2D eigenvalue weighted by Gasteiger charge is 2.32. The van der Waals surface area contributed by atoms with Gasteiger partial charge in [0, 0.05) is 46.5 Å². The van der Waals surface area contributed by atoms with Crippen molar-refractivity contribution in [2.24, 2.45) is 0 Å². The predicted octanol–water partition coefficient (Wildman–Crippen LogP) is 9.42. The summed E-state index contributed by atoms with van der Waals surface area (Å²) >= 11 is 0. The maximum Gasteiger partial charge on any atom is 0.416 e. The van der Waals surface area contributed by atoms with Crippen molar-refractivity contribution < 1.29 is 48.6 Å². The highest BCUT2D eigenvalue weighted by atomic mass is 32.2. The summed E-state index contributed by atoms with van der Waals surface area (Å²) in [5, 5.41) is 5.27. The molecule has 2 amide bonds. The van der Waals surface area contributed by atoms with Crippen molar-refractivity contribution in [2.45, 2.75) is 87.6 Å². The molecule has 0 aliphatic heterocycles. The third kappa shape index (κ3) is 13.3. The molecule has 0 saturated heterocycles. The number of carbonyl (C=O) groups is 2. The number of benzene rings is 4. The summed E-state index contributed by atoms with van der Waals surface area (Å²) in [6.45, 7) is 3.09. The second kappa shape index (κ2) is 22.2. The first-order valence-corrected chi connectivity index (χ1v) is 24.8. The Balaban J connectivity index is 0.885. The Labute approximate surface area is 396 Å². The first kappa shape index (κ1) is 51.8. The van der Waals surface area contributed by atoms with Gasteiger partial charge in [0.15, 0.2) is 9.84 Å². The average molecular weight is 995 g/mol. The molecule has 11 nitrogen and oxygen atoms in total. The van der Waals surface area contributed by atoms with Gasteiger partial charge in [0.1, 0.15) is 11.1 Å². The van der Waals surface area contributed by atoms with Gasteiger partial charge in [-0.2, -0.15) is 26.3 Å². The number of rotatable bonds is 19. The number of alkyl halides is 6. The number of amides is 2. The lowest BCUT2D eigenvalue weighted by atomic mass is 10.1. The summed E-state index contributed by atoms with van der Waals surface area (Å²) < 4.78 is 121. The van der Waals surface area contributed by atoms with E-state index in [4.69, 9.17) is 0 Å². The van der Waals surface area contributed by atoms with Crippen LogP contribution in [0.2, 0.25) is 0 Å². The van der Waals surface area contributed by atoms with Crippen molar-refractivity contribution in [2.75, 3.05) is 11.5 Å². The molecule has 6 rings (SSSR count). The van der Waals surface area contributed by atoms with Gasteiger partial charge in [0.05, 0.1) is 32.6 Å². The summed E-state index contributed by atoms with van der Waals surface area (Å²) in [4.78, 5) is 53.2. The van der Waals surface area contributed by atoms with Crippen LogP contribution in [0.1, 0.15) is 92.9 Å². The predicted molar refractivity (Wildman–Crippen MR) is 250 cm³/mol. The van der Waals surface area contributed by atoms with E-state index in [9.17, 15) is 58.1 Å². The first-order chi connectivity index (χ1) is 32.6. The lowest BCUT2D eigenvalue weighted by Crippen LogP contribution is -2.33. The molecule has 0 aliphatic carbocycles. The van der Waals surface area contributed by atoms with Crippen molar-refractivity contribution >= 4 is 32.5 Å². The number of hydrogen-bond acceptors (Lipinski definition) is 7. The molecule has 2 heterocycles. The second-order valence-electron chi connectivity index (χ2n) is 16.3. The Kier molecular flexibility index (Phi) is 16.7. The van der Waals surface area contributed by atoms with Gasteiger partial charge in [-0.3, -0.25) is 32.5 Å². The minimum atomic E-state index is -4.62. The van der Waals surface area contributed by atoms with E-state index in [0.717, 1.165) is 52.7 Å². The highest BCUT2D eigenvalue weighted by Crippen LogP contribution is 2.31. The maximum absolute atomic E-state index is 13.3. The van der Waals surface area contributed by atoms with E-state index in [0.29, 0.717) is 52.4 Å². The molecule has 2 N–H and O–H groups in total. The second-order valence-corrected chi connectivity index (χ2v) is 20.0. The van der Waals surface area contributed by atoms with Crippen molar-refractivity contribution in [3.8, 4) is 11.4 Å². The van der Waals surface area contributed by atoms with Crippen molar-refractivity contribution in [1.29, 1.82) is 0 Å². The van der Waals surface area contributed by atoms with E-state index in [-0.39, 0.29) is 46.2 Å². The number of aromatic nitrogens is 2. The van der Waals surface area contributed by atoms with Gasteiger partial charge < -0.3 is 10.6 Å². The smallest absolute Gasteiger partial charge is 0.348 e. The minimum Gasteiger partial charge on any atom is -0.348 e. The molecule has 2 aromatic heterocycles. The molecule has 0 aliphatic rings. The van der Waals surface area contributed by atoms with E-state index in [2.05, 4.69) is 10.6 Å². The summed E-state index contributed by atoms with van der Waals surface area (Å²) in [6, 6.07) is 26.9. The Morgan fingerprint density at radius 3 is 1.43 bits per heavy atom. The number of nitrogens with one attached hydrogen (secondary N) is 2. The van der Waals surface area contributed by atoms with Crippen LogP contribution in [0.25, 0.3) is 11.4 Å². The van der Waals surface area contributed by atoms with E-state index >= 15 is 0 Å². The average Bonchev–Trinajstić information content (AvgIpc) is 3.31. The Hall–Kier alpha value is -6.60. The molecule has 0 saturated carbocycles. The SMILES string of the molecule is Cc1ccc(C(=O)NCc2ccc(S(=O)CCCCCCCCS(=O)(=O)c3ccc(CNC(=O)c4ccc(C)n(-c5cccc(C(F)(F)F)c5)c4=O)cc3)cc2)c(=O)n1-c1cccc(C(F)(F)F)c1. The molecule has 1 unspecified atom stereocenters. The van der Waals surface area contributed by atoms with Gasteiger partial charge in [-0.1, -0.05) is 62.1 Å². The van der Waals surface area contributed by atoms with Crippen molar-refractivity contribution in [3.63, 3.8) is 0 Å². The lowest BCUT2D eigenvalue weighted by molar-refractivity contribution is -0.138. The Morgan fingerprint density at radius 1 is 0.565 bits per heavy atom. The standard InChI is InChI=1S/C50H48F6N4O7S2/c1-33-15-25-43(47(63)59(33)39-13-9-11-37(29-39)49(51,52)53)45(61)57-31-35-17-21-41(22-18-35)68(65)27-7-5-3-4-6-8-28-69(66,67)42-23-19-36(20-24-42)32-58-46(62)44-26-16-34(2)60(48(44)64)40-14-10-12-38(30-40)50(54,55)56/h9-26,29-30H,3-8,27-28,31-32H2,1-2H3,(H,57,61)(H,58,62). The lowest BCUT2D eigenvalue weighted by Gasteiger charge is -2.14. The molecular weight excluding hydrogens is 947 g/mol. The van der Waals surface area contributed by atoms with Crippen LogP contribution in [-0.4, -0.2) is 45.1 Å². The third-order valence-electron chi connectivity index (χ3n) is 11.3. The number of halogens is 6. The van der Waals surface area contributed by atoms with Crippen LogP contribution >= 0.6 is 0 Å². The quantitative estimate of drug-likeness (QED) is 0.0606. The highest BCUT2D eigenvalue weighted by molar-refractivity contribution is 7.91. The molecule has 0 bridgehead atoms. The molecule has 1 atom stereocenters. The van der Waals surface area contributed by atoms with Crippen LogP contribution in [-0.2, 0) is 46.1 Å². The molecule has 69 heavy (non-hydrogen) atoms. The monoisotopic (exact) mass is 994 g/mol. The summed E-state index contributed by atoms with van der Waals surface area (Å²) in [7, 11) is -4.87. The zero-order chi connectivity index (χ0) is 50.1. The summed E-state index contributed by atoms with van der Waals surface area (Å²) in [6.07, 6.45) is -5.03. The number of carbonyl (C=O) groups excluding carboxylic acids is 2. The molecule has 6 aromatic rings. The topological polar surface area (TPSA) is 153 Å². The fourth-order valence-electron chi connectivity index (χ4n) is 7.49. The molecular formula is C50H48F6N4O7S2. The molecule has 0 fully saturated rings. The number of aryl methyl sites for hydroxylation is 2. The van der Waals surface area contributed by atoms with E-state index < -0.39 is 67.0 Å². The molecule has 19 heteroatoms.